The molecule has 0 saturated carbocycles. The average molecular weight is 282 g/mol. The van der Waals surface area contributed by atoms with Gasteiger partial charge in [0.05, 0.1) is 16.7 Å². The van der Waals surface area contributed by atoms with E-state index in [4.69, 9.17) is 5.11 Å². The summed E-state index contributed by atoms with van der Waals surface area (Å²) in [4.78, 5) is 40.5. The maximum atomic E-state index is 12.4. The molecule has 0 fully saturated rings. The summed E-state index contributed by atoms with van der Waals surface area (Å²) in [5.41, 5.74) is 1.44. The van der Waals surface area contributed by atoms with Crippen LogP contribution in [0.2, 0.25) is 0 Å². The number of imide groups is 1. The predicted octanol–water partition coefficient (Wildman–Crippen LogP) is 1.89. The normalized spacial score (nSPS) is 13.5. The Labute approximate surface area is 119 Å². The lowest BCUT2D eigenvalue weighted by Crippen LogP contribution is -2.30. The topological polar surface area (TPSA) is 87.6 Å². The molecule has 0 radical (unpaired) electrons. The van der Waals surface area contributed by atoms with Crippen LogP contribution in [0.25, 0.3) is 0 Å². The number of rotatable bonds is 2. The Bertz CT molecular complexity index is 798. The van der Waals surface area contributed by atoms with E-state index in [-0.39, 0.29) is 11.4 Å². The van der Waals surface area contributed by atoms with Gasteiger partial charge in [-0.1, -0.05) is 11.6 Å². The van der Waals surface area contributed by atoms with Crippen molar-refractivity contribution in [2.45, 2.75) is 6.92 Å². The molecule has 0 spiro atoms. The number of fused-ring (bicyclic) bond motifs is 1. The maximum absolute atomic E-state index is 12.4. The molecule has 0 atom stereocenters. The smallest absolute Gasteiger partial charge is 0.335 e. The Kier molecular flexibility index (Phi) is 2.79. The molecule has 0 saturated heterocycles. The summed E-state index contributed by atoms with van der Waals surface area (Å²) in [6.07, 6.45) is 1.26. The van der Waals surface area contributed by atoms with Crippen LogP contribution in [0.15, 0.2) is 36.5 Å². The Morgan fingerprint density at radius 1 is 1.10 bits per heavy atom. The van der Waals surface area contributed by atoms with Crippen LogP contribution in [-0.4, -0.2) is 27.9 Å². The van der Waals surface area contributed by atoms with Crippen LogP contribution in [-0.2, 0) is 0 Å². The predicted molar refractivity (Wildman–Crippen MR) is 73.5 cm³/mol. The first-order valence-corrected chi connectivity index (χ1v) is 6.18. The monoisotopic (exact) mass is 282 g/mol. The number of carboxylic acid groups (broad SMARTS) is 1. The second kappa shape index (κ2) is 4.52. The lowest BCUT2D eigenvalue weighted by atomic mass is 10.1. The quantitative estimate of drug-likeness (QED) is 0.850. The van der Waals surface area contributed by atoms with Gasteiger partial charge in [-0.2, -0.15) is 0 Å². The molecule has 1 N–H and O–H groups in total. The fourth-order valence-electron chi connectivity index (χ4n) is 2.24. The average Bonchev–Trinajstić information content (AvgIpc) is 2.70. The van der Waals surface area contributed by atoms with Crippen molar-refractivity contribution in [2.24, 2.45) is 0 Å². The van der Waals surface area contributed by atoms with E-state index in [1.807, 2.05) is 6.92 Å². The summed E-state index contributed by atoms with van der Waals surface area (Å²) in [6, 6.07) is 7.47. The summed E-state index contributed by atoms with van der Waals surface area (Å²) < 4.78 is 0. The minimum absolute atomic E-state index is 0.0127. The summed E-state index contributed by atoms with van der Waals surface area (Å²) >= 11 is 0. The van der Waals surface area contributed by atoms with Gasteiger partial charge < -0.3 is 5.11 Å². The molecule has 2 heterocycles. The first kappa shape index (κ1) is 13.0. The Balaban J connectivity index is 2.10. The molecule has 0 aliphatic carbocycles. The Morgan fingerprint density at radius 2 is 1.81 bits per heavy atom. The SMILES string of the molecule is Cc1ccc2c(c1)C(=O)N(c1cc(C(=O)O)ccn1)C2=O. The van der Waals surface area contributed by atoms with Gasteiger partial charge in [-0.25, -0.2) is 14.7 Å². The van der Waals surface area contributed by atoms with E-state index >= 15 is 0 Å². The number of aromatic carboxylic acids is 1. The molecule has 6 heteroatoms. The summed E-state index contributed by atoms with van der Waals surface area (Å²) in [5.74, 6) is -2.12. The molecule has 1 aliphatic heterocycles. The number of carbonyl (C=O) groups excluding carboxylic acids is 2. The van der Waals surface area contributed by atoms with E-state index in [9.17, 15) is 14.4 Å². The van der Waals surface area contributed by atoms with Crippen molar-refractivity contribution < 1.29 is 19.5 Å². The van der Waals surface area contributed by atoms with Gasteiger partial charge in [-0.15, -0.1) is 0 Å². The molecular weight excluding hydrogens is 272 g/mol. The van der Waals surface area contributed by atoms with Crippen LogP contribution in [0, 0.1) is 6.92 Å². The highest BCUT2D eigenvalue weighted by atomic mass is 16.4. The van der Waals surface area contributed by atoms with Crippen LogP contribution >= 0.6 is 0 Å². The van der Waals surface area contributed by atoms with Gasteiger partial charge in [0.25, 0.3) is 11.8 Å². The number of hydrogen-bond donors (Lipinski definition) is 1. The van der Waals surface area contributed by atoms with Crippen molar-refractivity contribution in [3.05, 3.63) is 58.8 Å². The summed E-state index contributed by atoms with van der Waals surface area (Å²) in [7, 11) is 0. The highest BCUT2D eigenvalue weighted by molar-refractivity contribution is 6.34. The second-order valence-electron chi connectivity index (χ2n) is 4.70. The molecule has 2 aromatic rings. The van der Waals surface area contributed by atoms with Crippen molar-refractivity contribution in [1.29, 1.82) is 0 Å². The number of aryl methyl sites for hydroxylation is 1. The number of carbonyl (C=O) groups is 3. The van der Waals surface area contributed by atoms with E-state index in [2.05, 4.69) is 4.98 Å². The number of pyridine rings is 1. The van der Waals surface area contributed by atoms with Crippen LogP contribution in [0.3, 0.4) is 0 Å². The van der Waals surface area contributed by atoms with Gasteiger partial charge in [-0.05, 0) is 31.2 Å². The number of aromatic nitrogens is 1. The molecule has 1 aromatic carbocycles. The molecular formula is C15H10N2O4. The van der Waals surface area contributed by atoms with Crippen molar-refractivity contribution in [3.8, 4) is 0 Å². The highest BCUT2D eigenvalue weighted by Gasteiger charge is 2.37. The largest absolute Gasteiger partial charge is 0.478 e. The fraction of sp³-hybridized carbons (Fsp3) is 0.0667. The minimum atomic E-state index is -1.15. The van der Waals surface area contributed by atoms with Gasteiger partial charge in [0.15, 0.2) is 0 Å². The Morgan fingerprint density at radius 3 is 2.52 bits per heavy atom. The van der Waals surface area contributed by atoms with E-state index in [0.29, 0.717) is 11.1 Å². The number of nitrogens with zero attached hydrogens (tertiary/aromatic N) is 2. The van der Waals surface area contributed by atoms with Gasteiger partial charge in [-0.3, -0.25) is 9.59 Å². The first-order valence-electron chi connectivity index (χ1n) is 6.18. The van der Waals surface area contributed by atoms with Gasteiger partial charge in [0, 0.05) is 6.20 Å². The van der Waals surface area contributed by atoms with Gasteiger partial charge >= 0.3 is 5.97 Å². The van der Waals surface area contributed by atoms with Crippen molar-refractivity contribution in [1.82, 2.24) is 4.98 Å². The van der Waals surface area contributed by atoms with Crippen LogP contribution in [0.4, 0.5) is 5.82 Å². The number of amides is 2. The number of benzene rings is 1. The van der Waals surface area contributed by atoms with Crippen molar-refractivity contribution in [2.75, 3.05) is 4.90 Å². The molecule has 21 heavy (non-hydrogen) atoms. The highest BCUT2D eigenvalue weighted by Crippen LogP contribution is 2.28. The van der Waals surface area contributed by atoms with Crippen LogP contribution in [0.5, 0.6) is 0 Å². The van der Waals surface area contributed by atoms with Crippen molar-refractivity contribution in [3.63, 3.8) is 0 Å². The van der Waals surface area contributed by atoms with E-state index in [1.54, 1.807) is 18.2 Å². The Hall–Kier alpha value is -3.02. The molecule has 3 rings (SSSR count). The third-order valence-electron chi connectivity index (χ3n) is 3.26. The lowest BCUT2D eigenvalue weighted by molar-refractivity contribution is 0.0695. The lowest BCUT2D eigenvalue weighted by Gasteiger charge is -2.12. The summed E-state index contributed by atoms with van der Waals surface area (Å²) in [5, 5.41) is 8.98. The van der Waals surface area contributed by atoms with Gasteiger partial charge in [0.1, 0.15) is 5.82 Å². The zero-order chi connectivity index (χ0) is 15.1. The third-order valence-corrected chi connectivity index (χ3v) is 3.26. The molecule has 0 unspecified atom stereocenters. The standard InChI is InChI=1S/C15H10N2O4/c1-8-2-3-10-11(6-8)14(19)17(13(10)18)12-7-9(15(20)21)4-5-16-12/h2-7H,1H3,(H,20,21). The molecule has 1 aromatic heterocycles. The zero-order valence-electron chi connectivity index (χ0n) is 11.0. The van der Waals surface area contributed by atoms with Gasteiger partial charge in [0.2, 0.25) is 0 Å². The molecule has 2 amide bonds. The van der Waals surface area contributed by atoms with Crippen molar-refractivity contribution >= 4 is 23.6 Å². The van der Waals surface area contributed by atoms with Crippen LogP contribution < -0.4 is 4.90 Å². The molecule has 104 valence electrons. The maximum Gasteiger partial charge on any atom is 0.335 e. The minimum Gasteiger partial charge on any atom is -0.478 e. The number of carboxylic acids is 1. The molecule has 0 bridgehead atoms. The fourth-order valence-corrected chi connectivity index (χ4v) is 2.24. The third kappa shape index (κ3) is 1.97. The second-order valence-corrected chi connectivity index (χ2v) is 4.70. The van der Waals surface area contributed by atoms with Crippen LogP contribution in [0.1, 0.15) is 36.6 Å². The van der Waals surface area contributed by atoms with E-state index in [0.717, 1.165) is 10.5 Å². The molecule has 6 nitrogen and oxygen atoms in total. The number of anilines is 1. The van der Waals surface area contributed by atoms with E-state index < -0.39 is 17.8 Å². The summed E-state index contributed by atoms with van der Waals surface area (Å²) in [6.45, 7) is 1.82. The number of hydrogen-bond acceptors (Lipinski definition) is 4. The first-order chi connectivity index (χ1) is 9.99. The van der Waals surface area contributed by atoms with E-state index in [1.165, 1.54) is 18.3 Å². The molecule has 1 aliphatic rings. The zero-order valence-corrected chi connectivity index (χ0v) is 11.0.